The molecule has 1 aliphatic carbocycles. The summed E-state index contributed by atoms with van der Waals surface area (Å²) in [5.41, 5.74) is 1.39. The molecular formula is C19H23N5O2. The van der Waals surface area contributed by atoms with Gasteiger partial charge in [-0.25, -0.2) is 4.98 Å². The van der Waals surface area contributed by atoms with E-state index in [9.17, 15) is 9.59 Å². The number of aromatic amines is 1. The van der Waals surface area contributed by atoms with E-state index in [0.717, 1.165) is 30.1 Å². The van der Waals surface area contributed by atoms with Gasteiger partial charge in [-0.15, -0.1) is 0 Å². The van der Waals surface area contributed by atoms with Crippen LogP contribution in [0.2, 0.25) is 0 Å². The molecule has 1 fully saturated rings. The SMILES string of the molecule is C=CC(=O)Nc1ccccc1CC(=O)NCCCc1nc(C2CC2)n[nH]1. The first-order valence-electron chi connectivity index (χ1n) is 8.85. The van der Waals surface area contributed by atoms with Gasteiger partial charge in [0.15, 0.2) is 5.82 Å². The first-order chi connectivity index (χ1) is 12.7. The maximum atomic E-state index is 12.2. The predicted molar refractivity (Wildman–Crippen MR) is 98.7 cm³/mol. The molecule has 1 aromatic carbocycles. The number of nitrogens with one attached hydrogen (secondary N) is 3. The van der Waals surface area contributed by atoms with Crippen molar-refractivity contribution >= 4 is 17.5 Å². The van der Waals surface area contributed by atoms with Crippen LogP contribution in [0.25, 0.3) is 0 Å². The number of aryl methyl sites for hydroxylation is 1. The maximum absolute atomic E-state index is 12.2. The van der Waals surface area contributed by atoms with Crippen LogP contribution in [0.1, 0.15) is 42.4 Å². The molecule has 1 aliphatic rings. The number of carbonyl (C=O) groups excluding carboxylic acids is 2. The van der Waals surface area contributed by atoms with E-state index < -0.39 is 0 Å². The van der Waals surface area contributed by atoms with Gasteiger partial charge in [-0.1, -0.05) is 24.8 Å². The number of anilines is 1. The van der Waals surface area contributed by atoms with Crippen molar-refractivity contribution < 1.29 is 9.59 Å². The highest BCUT2D eigenvalue weighted by molar-refractivity contribution is 5.99. The number of aromatic nitrogens is 3. The number of nitrogens with zero attached hydrogens (tertiary/aromatic N) is 2. The van der Waals surface area contributed by atoms with Crippen molar-refractivity contribution in [1.29, 1.82) is 0 Å². The summed E-state index contributed by atoms with van der Waals surface area (Å²) in [5, 5.41) is 12.8. The number of H-pyrrole nitrogens is 1. The molecule has 0 aliphatic heterocycles. The summed E-state index contributed by atoms with van der Waals surface area (Å²) >= 11 is 0. The standard InChI is InChI=1S/C19H23N5O2/c1-2-17(25)21-15-7-4-3-6-14(15)12-18(26)20-11-5-8-16-22-19(24-23-16)13-9-10-13/h2-4,6-7,13H,1,5,8-12H2,(H,20,26)(H,21,25)(H,22,23,24). The molecule has 0 atom stereocenters. The lowest BCUT2D eigenvalue weighted by Gasteiger charge is -2.10. The Kier molecular flexibility index (Phi) is 5.78. The molecule has 7 nitrogen and oxygen atoms in total. The minimum atomic E-state index is -0.296. The second kappa shape index (κ2) is 8.42. The van der Waals surface area contributed by atoms with Gasteiger partial charge in [0, 0.05) is 24.6 Å². The van der Waals surface area contributed by atoms with Crippen molar-refractivity contribution in [2.24, 2.45) is 0 Å². The van der Waals surface area contributed by atoms with Crippen LogP contribution in [-0.2, 0) is 22.4 Å². The lowest BCUT2D eigenvalue weighted by atomic mass is 10.1. The van der Waals surface area contributed by atoms with Crippen LogP contribution in [0.4, 0.5) is 5.69 Å². The van der Waals surface area contributed by atoms with Crippen LogP contribution >= 0.6 is 0 Å². The van der Waals surface area contributed by atoms with Crippen molar-refractivity contribution in [3.8, 4) is 0 Å². The predicted octanol–water partition coefficient (Wildman–Crippen LogP) is 2.10. The lowest BCUT2D eigenvalue weighted by molar-refractivity contribution is -0.120. The molecule has 3 N–H and O–H groups in total. The van der Waals surface area contributed by atoms with Crippen molar-refractivity contribution in [1.82, 2.24) is 20.5 Å². The summed E-state index contributed by atoms with van der Waals surface area (Å²) in [7, 11) is 0. The molecule has 2 aromatic rings. The quantitative estimate of drug-likeness (QED) is 0.475. The third-order valence-electron chi connectivity index (χ3n) is 4.22. The molecular weight excluding hydrogens is 330 g/mol. The minimum absolute atomic E-state index is 0.0819. The summed E-state index contributed by atoms with van der Waals surface area (Å²) in [5.74, 6) is 1.96. The molecule has 2 amide bonds. The lowest BCUT2D eigenvalue weighted by Crippen LogP contribution is -2.27. The summed E-state index contributed by atoms with van der Waals surface area (Å²) < 4.78 is 0. The van der Waals surface area contributed by atoms with E-state index in [1.807, 2.05) is 18.2 Å². The summed E-state index contributed by atoms with van der Waals surface area (Å²) in [4.78, 5) is 28.1. The molecule has 26 heavy (non-hydrogen) atoms. The number of hydrogen-bond acceptors (Lipinski definition) is 4. The second-order valence-electron chi connectivity index (χ2n) is 6.40. The van der Waals surface area contributed by atoms with E-state index >= 15 is 0 Å². The van der Waals surface area contributed by atoms with E-state index in [1.54, 1.807) is 6.07 Å². The minimum Gasteiger partial charge on any atom is -0.356 e. The topological polar surface area (TPSA) is 99.8 Å². The summed E-state index contributed by atoms with van der Waals surface area (Å²) in [6, 6.07) is 7.25. The largest absolute Gasteiger partial charge is 0.356 e. The molecule has 7 heteroatoms. The highest BCUT2D eigenvalue weighted by atomic mass is 16.2. The van der Waals surface area contributed by atoms with Gasteiger partial charge in [0.1, 0.15) is 5.82 Å². The summed E-state index contributed by atoms with van der Waals surface area (Å²) in [6.07, 6.45) is 5.33. The molecule has 0 unspecified atom stereocenters. The van der Waals surface area contributed by atoms with E-state index in [2.05, 4.69) is 32.4 Å². The van der Waals surface area contributed by atoms with Gasteiger partial charge in [-0.05, 0) is 37.0 Å². The Labute approximate surface area is 152 Å². The van der Waals surface area contributed by atoms with Crippen LogP contribution in [0.3, 0.4) is 0 Å². The molecule has 136 valence electrons. The first kappa shape index (κ1) is 17.8. The van der Waals surface area contributed by atoms with Crippen LogP contribution in [0.5, 0.6) is 0 Å². The van der Waals surface area contributed by atoms with Gasteiger partial charge in [-0.2, -0.15) is 5.10 Å². The number of hydrogen-bond donors (Lipinski definition) is 3. The Hall–Kier alpha value is -2.96. The molecule has 0 saturated heterocycles. The zero-order chi connectivity index (χ0) is 18.4. The monoisotopic (exact) mass is 353 g/mol. The third-order valence-corrected chi connectivity index (χ3v) is 4.22. The van der Waals surface area contributed by atoms with Crippen LogP contribution < -0.4 is 10.6 Å². The summed E-state index contributed by atoms with van der Waals surface area (Å²) in [6.45, 7) is 4.00. The van der Waals surface area contributed by atoms with Gasteiger partial charge in [0.25, 0.3) is 0 Å². The smallest absolute Gasteiger partial charge is 0.247 e. The van der Waals surface area contributed by atoms with Gasteiger partial charge in [0.2, 0.25) is 11.8 Å². The number of rotatable bonds is 9. The van der Waals surface area contributed by atoms with E-state index in [0.29, 0.717) is 18.2 Å². The number of carbonyl (C=O) groups is 2. The number of para-hydroxylation sites is 1. The average Bonchev–Trinajstić information content (AvgIpc) is 3.39. The zero-order valence-electron chi connectivity index (χ0n) is 14.6. The third kappa shape index (κ3) is 5.02. The van der Waals surface area contributed by atoms with Crippen molar-refractivity contribution in [3.63, 3.8) is 0 Å². The Bertz CT molecular complexity index is 795. The molecule has 0 bridgehead atoms. The molecule has 3 rings (SSSR count). The number of amides is 2. The zero-order valence-corrected chi connectivity index (χ0v) is 14.6. The highest BCUT2D eigenvalue weighted by Crippen LogP contribution is 2.37. The normalized spacial score (nSPS) is 13.2. The molecule has 1 aromatic heterocycles. The van der Waals surface area contributed by atoms with E-state index in [1.165, 1.54) is 18.9 Å². The van der Waals surface area contributed by atoms with Crippen molar-refractivity contribution in [2.75, 3.05) is 11.9 Å². The van der Waals surface area contributed by atoms with Gasteiger partial charge in [-0.3, -0.25) is 14.7 Å². The Morgan fingerprint density at radius 3 is 2.88 bits per heavy atom. The molecule has 1 saturated carbocycles. The fourth-order valence-electron chi connectivity index (χ4n) is 2.65. The van der Waals surface area contributed by atoms with E-state index in [-0.39, 0.29) is 18.2 Å². The average molecular weight is 353 g/mol. The maximum Gasteiger partial charge on any atom is 0.247 e. The van der Waals surface area contributed by atoms with Gasteiger partial charge < -0.3 is 10.6 Å². The number of benzene rings is 1. The van der Waals surface area contributed by atoms with Crippen LogP contribution in [0, 0.1) is 0 Å². The van der Waals surface area contributed by atoms with Crippen molar-refractivity contribution in [3.05, 3.63) is 54.1 Å². The Balaban J connectivity index is 1.42. The van der Waals surface area contributed by atoms with Gasteiger partial charge >= 0.3 is 0 Å². The Morgan fingerprint density at radius 1 is 1.31 bits per heavy atom. The van der Waals surface area contributed by atoms with Crippen LogP contribution in [-0.4, -0.2) is 33.5 Å². The molecule has 0 radical (unpaired) electrons. The first-order valence-corrected chi connectivity index (χ1v) is 8.85. The fraction of sp³-hybridized carbons (Fsp3) is 0.368. The Morgan fingerprint density at radius 2 is 2.12 bits per heavy atom. The van der Waals surface area contributed by atoms with Crippen LogP contribution in [0.15, 0.2) is 36.9 Å². The highest BCUT2D eigenvalue weighted by Gasteiger charge is 2.27. The van der Waals surface area contributed by atoms with Gasteiger partial charge in [0.05, 0.1) is 6.42 Å². The molecule has 1 heterocycles. The van der Waals surface area contributed by atoms with Crippen molar-refractivity contribution in [2.45, 2.75) is 38.0 Å². The van der Waals surface area contributed by atoms with E-state index in [4.69, 9.17) is 0 Å². The second-order valence-corrected chi connectivity index (χ2v) is 6.40. The fourth-order valence-corrected chi connectivity index (χ4v) is 2.65. The molecule has 0 spiro atoms.